The van der Waals surface area contributed by atoms with Gasteiger partial charge in [-0.3, -0.25) is 9.78 Å². The number of aromatic nitrogens is 1. The van der Waals surface area contributed by atoms with Gasteiger partial charge in [0.05, 0.1) is 31.0 Å². The van der Waals surface area contributed by atoms with Gasteiger partial charge < -0.3 is 24.6 Å². The average molecular weight is 601 g/mol. The quantitative estimate of drug-likeness (QED) is 0.331. The lowest BCUT2D eigenvalue weighted by Gasteiger charge is -2.41. The number of aliphatic hydroxyl groups excluding tert-OH is 1. The van der Waals surface area contributed by atoms with Crippen molar-refractivity contribution in [2.45, 2.75) is 29.8 Å². The predicted octanol–water partition coefficient (Wildman–Crippen LogP) is 4.76. The van der Waals surface area contributed by atoms with E-state index in [4.69, 9.17) is 9.47 Å². The maximum absolute atomic E-state index is 14.4. The smallest absolute Gasteiger partial charge is 0.229 e. The maximum atomic E-state index is 14.4. The van der Waals surface area contributed by atoms with Gasteiger partial charge in [-0.25, -0.2) is 0 Å². The van der Waals surface area contributed by atoms with Crippen molar-refractivity contribution >= 4 is 21.8 Å². The highest BCUT2D eigenvalue weighted by Crippen LogP contribution is 2.69. The molecule has 3 aromatic carbocycles. The van der Waals surface area contributed by atoms with Gasteiger partial charge in [0, 0.05) is 24.0 Å². The van der Waals surface area contributed by atoms with Crippen LogP contribution >= 0.6 is 15.9 Å². The summed E-state index contributed by atoms with van der Waals surface area (Å²) in [5.74, 6) is -1.54. The third-order valence-electron chi connectivity index (χ3n) is 8.24. The summed E-state index contributed by atoms with van der Waals surface area (Å²) >= 11 is 3.50. The number of benzene rings is 3. The second-order valence-corrected chi connectivity index (χ2v) is 11.3. The van der Waals surface area contributed by atoms with E-state index in [0.29, 0.717) is 17.9 Å². The van der Waals surface area contributed by atoms with Crippen molar-refractivity contribution in [3.05, 3.63) is 124 Å². The Kier molecular flexibility index (Phi) is 6.65. The van der Waals surface area contributed by atoms with Crippen LogP contribution in [0.2, 0.25) is 0 Å². The average Bonchev–Trinajstić information content (AvgIpc) is 3.36. The number of carbonyl (C=O) groups is 1. The first-order valence-corrected chi connectivity index (χ1v) is 13.8. The molecule has 1 amide bonds. The molecule has 8 heteroatoms. The molecular weight excluding hydrogens is 572 g/mol. The molecule has 0 saturated heterocycles. The number of aliphatic hydroxyl groups is 2. The van der Waals surface area contributed by atoms with E-state index in [1.54, 1.807) is 11.9 Å². The molecule has 5 atom stereocenters. The Balaban J connectivity index is 1.59. The van der Waals surface area contributed by atoms with Crippen LogP contribution in [0.25, 0.3) is 0 Å². The molecule has 1 saturated carbocycles. The molecule has 0 radical (unpaired) electrons. The predicted molar refractivity (Wildman–Crippen MR) is 153 cm³/mol. The van der Waals surface area contributed by atoms with Crippen LogP contribution < -0.4 is 9.47 Å². The fraction of sp³-hybridized carbons (Fsp3) is 0.250. The summed E-state index contributed by atoms with van der Waals surface area (Å²) in [7, 11) is 3.19. The highest BCUT2D eigenvalue weighted by atomic mass is 79.9. The van der Waals surface area contributed by atoms with Crippen LogP contribution in [-0.2, 0) is 22.5 Å². The van der Waals surface area contributed by atoms with Crippen molar-refractivity contribution in [1.82, 2.24) is 9.88 Å². The first-order chi connectivity index (χ1) is 19.3. The third kappa shape index (κ3) is 3.78. The highest BCUT2D eigenvalue weighted by molar-refractivity contribution is 9.10. The molecule has 6 rings (SSSR count). The number of nitrogens with zero attached hydrogens (tertiary/aromatic N) is 2. The number of carbonyl (C=O) groups excluding carboxylic acids is 1. The third-order valence-corrected chi connectivity index (χ3v) is 8.76. The van der Waals surface area contributed by atoms with Crippen LogP contribution in [0.3, 0.4) is 0 Å². The van der Waals surface area contributed by atoms with Crippen molar-refractivity contribution < 1.29 is 24.5 Å². The molecule has 2 heterocycles. The number of rotatable bonds is 6. The van der Waals surface area contributed by atoms with Crippen LogP contribution in [0.1, 0.15) is 28.2 Å². The number of ether oxygens (including phenoxy) is 2. The van der Waals surface area contributed by atoms with Crippen molar-refractivity contribution in [3.63, 3.8) is 0 Å². The van der Waals surface area contributed by atoms with Gasteiger partial charge in [0.1, 0.15) is 17.6 Å². The minimum absolute atomic E-state index is 0.274. The van der Waals surface area contributed by atoms with Crippen molar-refractivity contribution in [2.75, 3.05) is 14.2 Å². The standard InChI is InChI=1S/C32H29BrN2O5/c1-35(19-20-9-5-3-6-10-20)30(37)26-27(21-11-7-4-8-12-21)32(22-13-15-23(33)16-14-22)31(38,29(26)36)28-24(39-2)17-34-18-25(28)40-32/h3-18,26-27,29,36,38H,19H2,1-2H3/t26?,27?,29-,31?,32?/m1/s1. The SMILES string of the molecule is COc1cncc2c1C1(O)[C@H](O)C(C(=O)N(C)Cc3ccccc3)C(c3ccccc3)C1(c1ccc(Br)cc1)O2. The molecule has 2 aliphatic rings. The summed E-state index contributed by atoms with van der Waals surface area (Å²) in [5, 5.41) is 25.1. The second kappa shape index (κ2) is 10.0. The monoisotopic (exact) mass is 600 g/mol. The van der Waals surface area contributed by atoms with Gasteiger partial charge in [-0.15, -0.1) is 0 Å². The summed E-state index contributed by atoms with van der Waals surface area (Å²) in [5.41, 5.74) is -1.00. The fourth-order valence-corrected chi connectivity index (χ4v) is 6.82. The van der Waals surface area contributed by atoms with E-state index in [1.165, 1.54) is 19.5 Å². The molecule has 4 aromatic rings. The van der Waals surface area contributed by atoms with E-state index in [-0.39, 0.29) is 17.2 Å². The second-order valence-electron chi connectivity index (χ2n) is 10.4. The molecule has 1 aromatic heterocycles. The molecule has 1 aliphatic carbocycles. The molecule has 1 fully saturated rings. The Morgan fingerprint density at radius 1 is 1.02 bits per heavy atom. The first kappa shape index (κ1) is 26.5. The Bertz CT molecular complexity index is 1530. The molecule has 4 unspecified atom stereocenters. The minimum Gasteiger partial charge on any atom is -0.495 e. The van der Waals surface area contributed by atoms with Gasteiger partial charge in [0.25, 0.3) is 0 Å². The summed E-state index contributed by atoms with van der Waals surface area (Å²) < 4.78 is 13.2. The maximum Gasteiger partial charge on any atom is 0.229 e. The minimum atomic E-state index is -2.04. The van der Waals surface area contributed by atoms with Crippen molar-refractivity contribution in [1.29, 1.82) is 0 Å². The molecule has 7 nitrogen and oxygen atoms in total. The van der Waals surface area contributed by atoms with E-state index >= 15 is 0 Å². The first-order valence-electron chi connectivity index (χ1n) is 13.0. The Morgan fingerprint density at radius 2 is 1.68 bits per heavy atom. The largest absolute Gasteiger partial charge is 0.495 e. The van der Waals surface area contributed by atoms with Crippen LogP contribution in [0.15, 0.2) is 102 Å². The van der Waals surface area contributed by atoms with E-state index in [1.807, 2.05) is 84.9 Å². The summed E-state index contributed by atoms with van der Waals surface area (Å²) in [6.45, 7) is 0.346. The van der Waals surface area contributed by atoms with Crippen molar-refractivity contribution in [2.24, 2.45) is 5.92 Å². The topological polar surface area (TPSA) is 92.1 Å². The summed E-state index contributed by atoms with van der Waals surface area (Å²) in [6, 6.07) is 26.6. The zero-order valence-electron chi connectivity index (χ0n) is 22.1. The summed E-state index contributed by atoms with van der Waals surface area (Å²) in [6.07, 6.45) is 1.46. The number of halogens is 1. The molecule has 40 heavy (non-hydrogen) atoms. The van der Waals surface area contributed by atoms with Gasteiger partial charge in [-0.1, -0.05) is 88.7 Å². The molecule has 1 aliphatic heterocycles. The molecular formula is C32H29BrN2O5. The number of hydrogen-bond donors (Lipinski definition) is 2. The Labute approximate surface area is 241 Å². The van der Waals surface area contributed by atoms with Crippen molar-refractivity contribution in [3.8, 4) is 11.5 Å². The zero-order valence-corrected chi connectivity index (χ0v) is 23.7. The lowest BCUT2D eigenvalue weighted by Crippen LogP contribution is -2.52. The van der Waals surface area contributed by atoms with Gasteiger partial charge in [-0.05, 0) is 28.8 Å². The molecule has 2 N–H and O–H groups in total. The lowest BCUT2D eigenvalue weighted by molar-refractivity contribution is -0.156. The highest BCUT2D eigenvalue weighted by Gasteiger charge is 2.78. The van der Waals surface area contributed by atoms with Crippen LogP contribution in [0.4, 0.5) is 0 Å². The number of fused-ring (bicyclic) bond motifs is 3. The Hall–Kier alpha value is -3.72. The number of amides is 1. The molecule has 0 bridgehead atoms. The van der Waals surface area contributed by atoms with Gasteiger partial charge in [-0.2, -0.15) is 0 Å². The fourth-order valence-electron chi connectivity index (χ4n) is 6.56. The number of methoxy groups -OCH3 is 1. The zero-order chi connectivity index (χ0) is 28.1. The van der Waals surface area contributed by atoms with Crippen LogP contribution in [0.5, 0.6) is 11.5 Å². The van der Waals surface area contributed by atoms with E-state index in [2.05, 4.69) is 20.9 Å². The van der Waals surface area contributed by atoms with E-state index in [0.717, 1.165) is 15.6 Å². The van der Waals surface area contributed by atoms with Gasteiger partial charge in [0.15, 0.2) is 11.2 Å². The lowest BCUT2D eigenvalue weighted by atomic mass is 9.70. The van der Waals surface area contributed by atoms with Gasteiger partial charge in [0.2, 0.25) is 5.91 Å². The van der Waals surface area contributed by atoms with Crippen LogP contribution in [0, 0.1) is 5.92 Å². The molecule has 0 spiro atoms. The van der Waals surface area contributed by atoms with E-state index in [9.17, 15) is 15.0 Å². The number of pyridine rings is 1. The van der Waals surface area contributed by atoms with Gasteiger partial charge >= 0.3 is 0 Å². The molecule has 204 valence electrons. The Morgan fingerprint density at radius 3 is 2.33 bits per heavy atom. The summed E-state index contributed by atoms with van der Waals surface area (Å²) in [4.78, 5) is 20.2. The normalized spacial score (nSPS) is 26.5. The van der Waals surface area contributed by atoms with E-state index < -0.39 is 29.1 Å². The number of hydrogen-bond acceptors (Lipinski definition) is 6. The van der Waals surface area contributed by atoms with Crippen LogP contribution in [-0.4, -0.2) is 46.3 Å².